The topological polar surface area (TPSA) is 80.9 Å². The van der Waals surface area contributed by atoms with Gasteiger partial charge < -0.3 is 9.15 Å². The molecule has 0 saturated heterocycles. The molecule has 0 amide bonds. The summed E-state index contributed by atoms with van der Waals surface area (Å²) < 4.78 is 48.2. The number of halogens is 1. The number of furan rings is 1. The number of sulfonamides is 1. The maximum absolute atomic E-state index is 13.0. The summed E-state index contributed by atoms with van der Waals surface area (Å²) >= 11 is 0. The highest BCUT2D eigenvalue weighted by molar-refractivity contribution is 7.89. The third kappa shape index (κ3) is 4.73. The molecule has 0 spiro atoms. The van der Waals surface area contributed by atoms with Gasteiger partial charge in [0, 0.05) is 5.56 Å². The number of hydrazone groups is 1. The van der Waals surface area contributed by atoms with Crippen LogP contribution < -0.4 is 9.57 Å². The predicted octanol–water partition coefficient (Wildman–Crippen LogP) is 3.80. The van der Waals surface area contributed by atoms with Crippen molar-refractivity contribution in [2.75, 3.05) is 6.61 Å². The lowest BCUT2D eigenvalue weighted by atomic mass is 10.2. The van der Waals surface area contributed by atoms with Crippen LogP contribution in [0.1, 0.15) is 12.7 Å². The van der Waals surface area contributed by atoms with E-state index in [2.05, 4.69) is 9.93 Å². The van der Waals surface area contributed by atoms with E-state index in [0.29, 0.717) is 29.4 Å². The fourth-order valence-electron chi connectivity index (χ4n) is 2.29. The summed E-state index contributed by atoms with van der Waals surface area (Å²) in [5.74, 6) is 1.12. The summed E-state index contributed by atoms with van der Waals surface area (Å²) in [7, 11) is -3.80. The van der Waals surface area contributed by atoms with Crippen molar-refractivity contribution in [1.82, 2.24) is 4.83 Å². The Morgan fingerprint density at radius 1 is 1.07 bits per heavy atom. The summed E-state index contributed by atoms with van der Waals surface area (Å²) in [5, 5.41) is 3.72. The zero-order chi connectivity index (χ0) is 19.3. The Hall–Kier alpha value is -3.13. The number of hydrogen-bond acceptors (Lipinski definition) is 5. The highest BCUT2D eigenvalue weighted by Crippen LogP contribution is 2.21. The molecule has 0 aliphatic carbocycles. The van der Waals surface area contributed by atoms with E-state index in [1.165, 1.54) is 30.5 Å². The van der Waals surface area contributed by atoms with Crippen molar-refractivity contribution in [3.63, 3.8) is 0 Å². The van der Waals surface area contributed by atoms with Gasteiger partial charge in [-0.2, -0.15) is 18.4 Å². The molecule has 3 rings (SSSR count). The molecule has 0 aliphatic heterocycles. The second-order valence-electron chi connectivity index (χ2n) is 5.47. The molecule has 3 aromatic rings. The van der Waals surface area contributed by atoms with Gasteiger partial charge in [0.15, 0.2) is 0 Å². The molecular formula is C19H17FN2O4S. The maximum atomic E-state index is 13.0. The van der Waals surface area contributed by atoms with Gasteiger partial charge in [0.2, 0.25) is 0 Å². The van der Waals surface area contributed by atoms with Crippen molar-refractivity contribution in [2.45, 2.75) is 11.8 Å². The molecule has 2 aromatic carbocycles. The third-order valence-electron chi connectivity index (χ3n) is 3.57. The Morgan fingerprint density at radius 2 is 1.78 bits per heavy atom. The Labute approximate surface area is 156 Å². The first-order chi connectivity index (χ1) is 13.0. The molecule has 1 heterocycles. The summed E-state index contributed by atoms with van der Waals surface area (Å²) in [6, 6.07) is 15.2. The minimum atomic E-state index is -3.80. The van der Waals surface area contributed by atoms with Crippen LogP contribution in [0.3, 0.4) is 0 Å². The van der Waals surface area contributed by atoms with E-state index in [0.717, 1.165) is 0 Å². The fraction of sp³-hybridized carbons (Fsp3) is 0.105. The van der Waals surface area contributed by atoms with Crippen molar-refractivity contribution in [2.24, 2.45) is 5.10 Å². The number of hydrogen-bond donors (Lipinski definition) is 1. The molecule has 0 unspecified atom stereocenters. The molecule has 0 radical (unpaired) electrons. The van der Waals surface area contributed by atoms with Gasteiger partial charge in [-0.05, 0) is 67.6 Å². The van der Waals surface area contributed by atoms with Gasteiger partial charge >= 0.3 is 0 Å². The van der Waals surface area contributed by atoms with Crippen molar-refractivity contribution in [1.29, 1.82) is 0 Å². The molecule has 0 fully saturated rings. The fourth-order valence-corrected chi connectivity index (χ4v) is 3.08. The van der Waals surface area contributed by atoms with Crippen LogP contribution in [0, 0.1) is 5.82 Å². The standard InChI is InChI=1S/C19H17FN2O4S/c1-2-25-16-7-10-18(11-8-16)27(23,24)22-21-13-17-9-12-19(26-17)14-3-5-15(20)6-4-14/h3-13,22H,2H2,1H3/b21-13+. The van der Waals surface area contributed by atoms with Gasteiger partial charge in [-0.3, -0.25) is 0 Å². The van der Waals surface area contributed by atoms with Gasteiger partial charge in [-0.1, -0.05) is 0 Å². The highest BCUT2D eigenvalue weighted by atomic mass is 32.2. The lowest BCUT2D eigenvalue weighted by Crippen LogP contribution is -2.18. The Morgan fingerprint density at radius 3 is 2.44 bits per heavy atom. The summed E-state index contributed by atoms with van der Waals surface area (Å²) in [6.07, 6.45) is 1.25. The Kier molecular flexibility index (Phi) is 5.56. The average molecular weight is 388 g/mol. The van der Waals surface area contributed by atoms with E-state index in [4.69, 9.17) is 9.15 Å². The summed E-state index contributed by atoms with van der Waals surface area (Å²) in [5.41, 5.74) is 0.700. The zero-order valence-corrected chi connectivity index (χ0v) is 15.2. The van der Waals surface area contributed by atoms with E-state index in [1.807, 2.05) is 6.92 Å². The van der Waals surface area contributed by atoms with Crippen molar-refractivity contribution >= 4 is 16.2 Å². The maximum Gasteiger partial charge on any atom is 0.276 e. The molecule has 0 bridgehead atoms. The molecule has 1 aromatic heterocycles. The van der Waals surface area contributed by atoms with Gasteiger partial charge in [0.05, 0.1) is 17.7 Å². The molecule has 8 heteroatoms. The van der Waals surface area contributed by atoms with Crippen LogP contribution in [0.2, 0.25) is 0 Å². The van der Waals surface area contributed by atoms with E-state index in [9.17, 15) is 12.8 Å². The van der Waals surface area contributed by atoms with Gasteiger partial charge in [-0.25, -0.2) is 4.39 Å². The smallest absolute Gasteiger partial charge is 0.276 e. The first kappa shape index (κ1) is 18.7. The number of rotatable bonds is 7. The first-order valence-electron chi connectivity index (χ1n) is 8.11. The van der Waals surface area contributed by atoms with Crippen LogP contribution in [-0.4, -0.2) is 21.2 Å². The predicted molar refractivity (Wildman–Crippen MR) is 99.6 cm³/mol. The van der Waals surface area contributed by atoms with E-state index < -0.39 is 10.0 Å². The number of ether oxygens (including phenoxy) is 1. The van der Waals surface area contributed by atoms with E-state index in [1.54, 1.807) is 36.4 Å². The van der Waals surface area contributed by atoms with Crippen LogP contribution in [-0.2, 0) is 10.0 Å². The van der Waals surface area contributed by atoms with Crippen LogP contribution in [0.4, 0.5) is 4.39 Å². The SMILES string of the molecule is CCOc1ccc(S(=O)(=O)N/N=C/c2ccc(-c3ccc(F)cc3)o2)cc1. The second kappa shape index (κ2) is 8.05. The van der Waals surface area contributed by atoms with Crippen molar-refractivity contribution < 1.29 is 22.0 Å². The normalized spacial score (nSPS) is 11.6. The quantitative estimate of drug-likeness (QED) is 0.493. The van der Waals surface area contributed by atoms with Gasteiger partial charge in [-0.15, -0.1) is 0 Å². The molecule has 1 N–H and O–H groups in total. The highest BCUT2D eigenvalue weighted by Gasteiger charge is 2.12. The van der Waals surface area contributed by atoms with E-state index >= 15 is 0 Å². The molecule has 0 atom stereocenters. The zero-order valence-electron chi connectivity index (χ0n) is 14.4. The van der Waals surface area contributed by atoms with Crippen molar-refractivity contribution in [3.05, 3.63) is 72.2 Å². The van der Waals surface area contributed by atoms with Gasteiger partial charge in [0.25, 0.3) is 10.0 Å². The first-order valence-corrected chi connectivity index (χ1v) is 9.60. The van der Waals surface area contributed by atoms with Gasteiger partial charge in [0.1, 0.15) is 23.1 Å². The van der Waals surface area contributed by atoms with Crippen LogP contribution in [0.5, 0.6) is 5.75 Å². The second-order valence-corrected chi connectivity index (χ2v) is 7.13. The lowest BCUT2D eigenvalue weighted by molar-refractivity contribution is 0.340. The minimum absolute atomic E-state index is 0.0644. The summed E-state index contributed by atoms with van der Waals surface area (Å²) in [6.45, 7) is 2.34. The molecular weight excluding hydrogens is 371 g/mol. The lowest BCUT2D eigenvalue weighted by Gasteiger charge is -2.05. The molecule has 140 valence electrons. The van der Waals surface area contributed by atoms with Crippen molar-refractivity contribution in [3.8, 4) is 17.1 Å². The monoisotopic (exact) mass is 388 g/mol. The minimum Gasteiger partial charge on any atom is -0.494 e. The Bertz CT molecular complexity index is 1030. The largest absolute Gasteiger partial charge is 0.494 e. The molecule has 27 heavy (non-hydrogen) atoms. The molecule has 0 saturated carbocycles. The Balaban J connectivity index is 1.67. The molecule has 0 aliphatic rings. The van der Waals surface area contributed by atoms with E-state index in [-0.39, 0.29) is 10.7 Å². The number of nitrogens with zero attached hydrogens (tertiary/aromatic N) is 1. The summed E-state index contributed by atoms with van der Waals surface area (Å²) in [4.78, 5) is 2.19. The molecule has 6 nitrogen and oxygen atoms in total. The number of benzene rings is 2. The average Bonchev–Trinajstić information content (AvgIpc) is 3.12. The number of nitrogens with one attached hydrogen (secondary N) is 1. The van der Waals surface area contributed by atoms with Crippen LogP contribution >= 0.6 is 0 Å². The third-order valence-corrected chi connectivity index (χ3v) is 4.80. The van der Waals surface area contributed by atoms with Crippen LogP contribution in [0.25, 0.3) is 11.3 Å². The van der Waals surface area contributed by atoms with Crippen LogP contribution in [0.15, 0.2) is 75.1 Å².